The summed E-state index contributed by atoms with van der Waals surface area (Å²) in [6.07, 6.45) is 7.01. The molecule has 0 radical (unpaired) electrons. The van der Waals surface area contributed by atoms with Crippen LogP contribution in [0.2, 0.25) is 0 Å². The van der Waals surface area contributed by atoms with Gasteiger partial charge in [-0.1, -0.05) is 37.1 Å². The minimum Gasteiger partial charge on any atom is -0.493 e. The summed E-state index contributed by atoms with van der Waals surface area (Å²) < 4.78 is 5.70. The number of allylic oxidation sites excluding steroid dienone is 1. The molecular formula is C18H26O2. The summed E-state index contributed by atoms with van der Waals surface area (Å²) in [7, 11) is 0. The average Bonchev–Trinajstić information content (AvgIpc) is 2.43. The molecule has 0 bridgehead atoms. The molecule has 0 aromatic heterocycles. The van der Waals surface area contributed by atoms with Crippen LogP contribution in [-0.4, -0.2) is 12.4 Å². The van der Waals surface area contributed by atoms with Crippen LogP contribution in [0.25, 0.3) is 0 Å². The first-order chi connectivity index (χ1) is 9.61. The van der Waals surface area contributed by atoms with E-state index in [1.165, 1.54) is 24.0 Å². The normalized spacial score (nSPS) is 11.4. The van der Waals surface area contributed by atoms with Gasteiger partial charge in [-0.15, -0.1) is 0 Å². The summed E-state index contributed by atoms with van der Waals surface area (Å²) in [6.45, 7) is 6.72. The van der Waals surface area contributed by atoms with Crippen LogP contribution in [0.5, 0.6) is 5.75 Å². The molecule has 1 aromatic carbocycles. The Bertz CT molecular complexity index is 429. The smallest absolute Gasteiger partial charge is 0.130 e. The van der Waals surface area contributed by atoms with E-state index in [-0.39, 0.29) is 5.78 Å². The summed E-state index contributed by atoms with van der Waals surface area (Å²) in [4.78, 5) is 10.9. The Kier molecular flexibility index (Phi) is 7.71. The molecule has 1 aromatic rings. The highest BCUT2D eigenvalue weighted by molar-refractivity contribution is 5.75. The van der Waals surface area contributed by atoms with Gasteiger partial charge in [0.15, 0.2) is 0 Å². The van der Waals surface area contributed by atoms with Crippen molar-refractivity contribution in [1.82, 2.24) is 0 Å². The fourth-order valence-electron chi connectivity index (χ4n) is 2.05. The van der Waals surface area contributed by atoms with Crippen molar-refractivity contribution in [2.75, 3.05) is 6.61 Å². The van der Waals surface area contributed by atoms with Gasteiger partial charge in [0.1, 0.15) is 11.5 Å². The number of hydrogen-bond acceptors (Lipinski definition) is 2. The van der Waals surface area contributed by atoms with E-state index in [9.17, 15) is 4.79 Å². The Labute approximate surface area is 122 Å². The monoisotopic (exact) mass is 274 g/mol. The number of carbonyl (C=O) groups is 1. The molecule has 1 rings (SSSR count). The molecule has 2 heteroatoms. The first kappa shape index (κ1) is 16.5. The van der Waals surface area contributed by atoms with Gasteiger partial charge in [0.25, 0.3) is 0 Å². The molecule has 20 heavy (non-hydrogen) atoms. The third-order valence-electron chi connectivity index (χ3n) is 3.21. The van der Waals surface area contributed by atoms with Crippen LogP contribution < -0.4 is 4.74 Å². The van der Waals surface area contributed by atoms with Crippen LogP contribution in [0.1, 0.15) is 52.0 Å². The molecule has 0 aliphatic heterocycles. The molecule has 0 heterocycles. The zero-order valence-electron chi connectivity index (χ0n) is 12.9. The van der Waals surface area contributed by atoms with E-state index in [0.29, 0.717) is 13.0 Å². The lowest BCUT2D eigenvalue weighted by atomic mass is 10.1. The summed E-state index contributed by atoms with van der Waals surface area (Å²) in [5, 5.41) is 0. The number of ether oxygens (including phenoxy) is 1. The van der Waals surface area contributed by atoms with Gasteiger partial charge in [0, 0.05) is 6.42 Å². The van der Waals surface area contributed by atoms with Gasteiger partial charge in [-0.2, -0.15) is 0 Å². The van der Waals surface area contributed by atoms with Crippen molar-refractivity contribution in [2.24, 2.45) is 0 Å². The number of rotatable bonds is 9. The number of ketones is 1. The molecule has 110 valence electrons. The lowest BCUT2D eigenvalue weighted by Crippen LogP contribution is -1.97. The number of carbonyl (C=O) groups excluding carboxylic acids is 1. The van der Waals surface area contributed by atoms with Crippen LogP contribution in [-0.2, 0) is 11.2 Å². The maximum Gasteiger partial charge on any atom is 0.130 e. The van der Waals surface area contributed by atoms with Crippen LogP contribution in [0, 0.1) is 0 Å². The molecular weight excluding hydrogens is 248 g/mol. The molecule has 0 aliphatic carbocycles. The summed E-state index contributed by atoms with van der Waals surface area (Å²) >= 11 is 0. The highest BCUT2D eigenvalue weighted by atomic mass is 16.5. The molecule has 2 nitrogen and oxygen atoms in total. The highest BCUT2D eigenvalue weighted by Gasteiger charge is 1.98. The van der Waals surface area contributed by atoms with Crippen LogP contribution in [0.3, 0.4) is 0 Å². The first-order valence-electron chi connectivity index (χ1n) is 7.48. The van der Waals surface area contributed by atoms with Gasteiger partial charge in [-0.3, -0.25) is 0 Å². The van der Waals surface area contributed by atoms with Gasteiger partial charge in [0.2, 0.25) is 0 Å². The second-order valence-electron chi connectivity index (χ2n) is 5.28. The van der Waals surface area contributed by atoms with Gasteiger partial charge in [-0.25, -0.2) is 0 Å². The second-order valence-corrected chi connectivity index (χ2v) is 5.28. The van der Waals surface area contributed by atoms with E-state index in [2.05, 4.69) is 19.9 Å². The number of hydrogen-bond donors (Lipinski definition) is 0. The van der Waals surface area contributed by atoms with Gasteiger partial charge in [0.05, 0.1) is 6.61 Å². The Hall–Kier alpha value is -1.57. The van der Waals surface area contributed by atoms with Crippen molar-refractivity contribution >= 4 is 5.78 Å². The standard InChI is InChI=1S/C18H26O2/c1-4-6-15(2)7-5-14-20-18-12-10-17(11-13-18)9-8-16(3)19/h7,10-13H,4-6,8-9,14H2,1-3H3/b15-7+. The largest absolute Gasteiger partial charge is 0.493 e. The number of Topliss-reactive ketones (excluding diaryl/α,β-unsaturated/α-hetero) is 1. The minimum absolute atomic E-state index is 0.236. The quantitative estimate of drug-likeness (QED) is 0.481. The Morgan fingerprint density at radius 3 is 2.45 bits per heavy atom. The third-order valence-corrected chi connectivity index (χ3v) is 3.21. The van der Waals surface area contributed by atoms with E-state index in [1.807, 2.05) is 24.3 Å². The Morgan fingerprint density at radius 2 is 1.85 bits per heavy atom. The van der Waals surface area contributed by atoms with Crippen LogP contribution in [0.15, 0.2) is 35.9 Å². The van der Waals surface area contributed by atoms with Gasteiger partial charge >= 0.3 is 0 Å². The molecule has 0 amide bonds. The molecule has 0 unspecified atom stereocenters. The lowest BCUT2D eigenvalue weighted by molar-refractivity contribution is -0.116. The molecule has 0 spiro atoms. The third kappa shape index (κ3) is 7.13. The van der Waals surface area contributed by atoms with E-state index in [1.54, 1.807) is 6.92 Å². The highest BCUT2D eigenvalue weighted by Crippen LogP contribution is 2.14. The van der Waals surface area contributed by atoms with Crippen LogP contribution >= 0.6 is 0 Å². The number of aryl methyl sites for hydroxylation is 1. The van der Waals surface area contributed by atoms with Crippen molar-refractivity contribution in [3.63, 3.8) is 0 Å². The SMILES string of the molecule is CCC/C(C)=C/CCOc1ccc(CCC(C)=O)cc1. The maximum atomic E-state index is 10.9. The topological polar surface area (TPSA) is 26.3 Å². The fraction of sp³-hybridized carbons (Fsp3) is 0.500. The molecule has 0 fully saturated rings. The maximum absolute atomic E-state index is 10.9. The fourth-order valence-corrected chi connectivity index (χ4v) is 2.05. The van der Waals surface area contributed by atoms with Crippen LogP contribution in [0.4, 0.5) is 0 Å². The number of benzene rings is 1. The summed E-state index contributed by atoms with van der Waals surface area (Å²) in [6, 6.07) is 8.04. The predicted octanol–water partition coefficient (Wildman–Crippen LogP) is 4.72. The minimum atomic E-state index is 0.236. The van der Waals surface area contributed by atoms with E-state index >= 15 is 0 Å². The lowest BCUT2D eigenvalue weighted by Gasteiger charge is -2.06. The summed E-state index contributed by atoms with van der Waals surface area (Å²) in [5.74, 6) is 1.14. The molecule has 0 saturated heterocycles. The zero-order chi connectivity index (χ0) is 14.8. The Morgan fingerprint density at radius 1 is 1.15 bits per heavy atom. The molecule has 0 N–H and O–H groups in total. The summed E-state index contributed by atoms with van der Waals surface area (Å²) in [5.41, 5.74) is 2.63. The van der Waals surface area contributed by atoms with Crippen molar-refractivity contribution in [3.05, 3.63) is 41.5 Å². The average molecular weight is 274 g/mol. The Balaban J connectivity index is 2.31. The van der Waals surface area contributed by atoms with E-state index in [4.69, 9.17) is 4.74 Å². The van der Waals surface area contributed by atoms with E-state index in [0.717, 1.165) is 18.6 Å². The van der Waals surface area contributed by atoms with E-state index < -0.39 is 0 Å². The zero-order valence-corrected chi connectivity index (χ0v) is 12.9. The molecule has 0 aliphatic rings. The van der Waals surface area contributed by atoms with Crippen molar-refractivity contribution in [3.8, 4) is 5.75 Å². The van der Waals surface area contributed by atoms with Gasteiger partial charge < -0.3 is 9.53 Å². The van der Waals surface area contributed by atoms with Gasteiger partial charge in [-0.05, 0) is 50.8 Å². The molecule has 0 atom stereocenters. The second kappa shape index (κ2) is 9.35. The first-order valence-corrected chi connectivity index (χ1v) is 7.48. The van der Waals surface area contributed by atoms with Crippen molar-refractivity contribution in [2.45, 2.75) is 52.9 Å². The van der Waals surface area contributed by atoms with Crippen molar-refractivity contribution in [1.29, 1.82) is 0 Å². The van der Waals surface area contributed by atoms with Crippen molar-refractivity contribution < 1.29 is 9.53 Å². The predicted molar refractivity (Wildman–Crippen MR) is 84.2 cm³/mol. The molecule has 0 saturated carbocycles.